The van der Waals surface area contributed by atoms with E-state index in [-0.39, 0.29) is 5.56 Å². The topological polar surface area (TPSA) is 55.8 Å². The van der Waals surface area contributed by atoms with Crippen LogP contribution < -0.4 is 9.47 Å². The van der Waals surface area contributed by atoms with Gasteiger partial charge in [-0.05, 0) is 42.5 Å². The van der Waals surface area contributed by atoms with Crippen LogP contribution in [-0.4, -0.2) is 24.3 Å². The molecule has 0 saturated heterocycles. The van der Waals surface area contributed by atoms with E-state index in [4.69, 9.17) is 26.2 Å². The zero-order chi connectivity index (χ0) is 14.4. The Bertz CT molecular complexity index is 581. The highest BCUT2D eigenvalue weighted by Gasteiger charge is 2.03. The lowest BCUT2D eigenvalue weighted by Gasteiger charge is -2.08. The smallest absolute Gasteiger partial charge is 0.335 e. The fraction of sp³-hybridized carbons (Fsp3) is 0.133. The van der Waals surface area contributed by atoms with Gasteiger partial charge in [-0.25, -0.2) is 4.79 Å². The maximum absolute atomic E-state index is 10.8. The molecule has 0 fully saturated rings. The van der Waals surface area contributed by atoms with Crippen LogP contribution in [-0.2, 0) is 0 Å². The van der Waals surface area contributed by atoms with E-state index in [9.17, 15) is 4.79 Å². The van der Waals surface area contributed by atoms with Crippen molar-refractivity contribution in [2.75, 3.05) is 13.2 Å². The number of hydrogen-bond acceptors (Lipinski definition) is 3. The summed E-state index contributed by atoms with van der Waals surface area (Å²) in [7, 11) is 0. The molecular formula is C15H13ClO4. The van der Waals surface area contributed by atoms with Gasteiger partial charge in [-0.2, -0.15) is 0 Å². The number of ether oxygens (including phenoxy) is 2. The summed E-state index contributed by atoms with van der Waals surface area (Å²) in [5.74, 6) is 0.231. The predicted octanol–water partition coefficient (Wildman–Crippen LogP) is 3.50. The molecule has 0 atom stereocenters. The molecule has 0 bridgehead atoms. The summed E-state index contributed by atoms with van der Waals surface area (Å²) in [6.07, 6.45) is 0. The van der Waals surface area contributed by atoms with Crippen molar-refractivity contribution in [3.63, 3.8) is 0 Å². The fourth-order valence-corrected chi connectivity index (χ4v) is 1.69. The molecule has 1 N–H and O–H groups in total. The second-order valence-corrected chi connectivity index (χ2v) is 4.42. The summed E-state index contributed by atoms with van der Waals surface area (Å²) in [5.41, 5.74) is 0.195. The van der Waals surface area contributed by atoms with E-state index < -0.39 is 5.97 Å². The van der Waals surface area contributed by atoms with E-state index in [1.54, 1.807) is 36.4 Å². The molecule has 5 heteroatoms. The molecule has 2 aromatic carbocycles. The molecule has 4 nitrogen and oxygen atoms in total. The molecule has 20 heavy (non-hydrogen) atoms. The number of hydrogen-bond donors (Lipinski definition) is 1. The summed E-state index contributed by atoms with van der Waals surface area (Å²) in [5, 5.41) is 9.51. The second-order valence-electron chi connectivity index (χ2n) is 3.98. The van der Waals surface area contributed by atoms with Crippen LogP contribution in [0.5, 0.6) is 11.5 Å². The number of carboxylic acids is 1. The van der Waals surface area contributed by atoms with Crippen molar-refractivity contribution in [2.24, 2.45) is 0 Å². The first kappa shape index (κ1) is 14.2. The van der Waals surface area contributed by atoms with Crippen LogP contribution in [0.3, 0.4) is 0 Å². The number of halogens is 1. The van der Waals surface area contributed by atoms with Gasteiger partial charge in [-0.3, -0.25) is 0 Å². The van der Waals surface area contributed by atoms with E-state index in [2.05, 4.69) is 0 Å². The molecule has 0 radical (unpaired) electrons. The first-order chi connectivity index (χ1) is 9.65. The number of carboxylic acid groups (broad SMARTS) is 1. The largest absolute Gasteiger partial charge is 0.490 e. The Hall–Kier alpha value is -2.20. The summed E-state index contributed by atoms with van der Waals surface area (Å²) in [4.78, 5) is 10.8. The van der Waals surface area contributed by atoms with Gasteiger partial charge in [0.15, 0.2) is 0 Å². The summed E-state index contributed by atoms with van der Waals surface area (Å²) >= 11 is 5.77. The molecule has 0 aliphatic heterocycles. The molecule has 2 rings (SSSR count). The van der Waals surface area contributed by atoms with Crippen LogP contribution in [0.15, 0.2) is 48.5 Å². The lowest BCUT2D eigenvalue weighted by molar-refractivity contribution is 0.0696. The lowest BCUT2D eigenvalue weighted by Crippen LogP contribution is -2.09. The van der Waals surface area contributed by atoms with Gasteiger partial charge in [0.05, 0.1) is 5.56 Å². The van der Waals surface area contributed by atoms with Crippen LogP contribution in [0.2, 0.25) is 5.02 Å². The second kappa shape index (κ2) is 6.82. The normalized spacial score (nSPS) is 10.1. The molecule has 2 aromatic rings. The molecule has 0 aliphatic rings. The first-order valence-corrected chi connectivity index (χ1v) is 6.37. The van der Waals surface area contributed by atoms with E-state index in [0.717, 1.165) is 0 Å². The Labute approximate surface area is 121 Å². The summed E-state index contributed by atoms with van der Waals surface area (Å²) in [6, 6.07) is 13.4. The summed E-state index contributed by atoms with van der Waals surface area (Å²) in [6.45, 7) is 0.685. The van der Waals surface area contributed by atoms with Crippen molar-refractivity contribution < 1.29 is 19.4 Å². The number of aromatic carboxylic acids is 1. The van der Waals surface area contributed by atoms with Crippen molar-refractivity contribution >= 4 is 17.6 Å². The summed E-state index contributed by atoms with van der Waals surface area (Å²) < 4.78 is 10.9. The van der Waals surface area contributed by atoms with E-state index >= 15 is 0 Å². The van der Waals surface area contributed by atoms with Crippen molar-refractivity contribution in [2.45, 2.75) is 0 Å². The third kappa shape index (κ3) is 4.17. The highest BCUT2D eigenvalue weighted by Crippen LogP contribution is 2.16. The molecule has 0 unspecified atom stereocenters. The highest BCUT2D eigenvalue weighted by atomic mass is 35.5. The molecule has 0 spiro atoms. The van der Waals surface area contributed by atoms with E-state index in [1.165, 1.54) is 12.1 Å². The Balaban J connectivity index is 1.79. The zero-order valence-electron chi connectivity index (χ0n) is 10.6. The Morgan fingerprint density at radius 1 is 1.00 bits per heavy atom. The number of benzene rings is 2. The average Bonchev–Trinajstić information content (AvgIpc) is 2.46. The molecule has 0 aliphatic carbocycles. The zero-order valence-corrected chi connectivity index (χ0v) is 11.3. The van der Waals surface area contributed by atoms with E-state index in [0.29, 0.717) is 29.7 Å². The fourth-order valence-electron chi connectivity index (χ4n) is 1.57. The lowest BCUT2D eigenvalue weighted by atomic mass is 10.2. The SMILES string of the molecule is O=C(O)c1cccc(OCCOc2ccc(Cl)cc2)c1. The van der Waals surface area contributed by atoms with Crippen LogP contribution in [0.25, 0.3) is 0 Å². The van der Waals surface area contributed by atoms with Crippen molar-refractivity contribution in [3.8, 4) is 11.5 Å². The third-order valence-electron chi connectivity index (χ3n) is 2.52. The van der Waals surface area contributed by atoms with Crippen LogP contribution >= 0.6 is 11.6 Å². The maximum atomic E-state index is 10.8. The molecule has 0 aromatic heterocycles. The van der Waals surface area contributed by atoms with Crippen molar-refractivity contribution in [1.29, 1.82) is 0 Å². The van der Waals surface area contributed by atoms with Gasteiger partial charge in [-0.1, -0.05) is 17.7 Å². The van der Waals surface area contributed by atoms with Gasteiger partial charge in [0.2, 0.25) is 0 Å². The van der Waals surface area contributed by atoms with Gasteiger partial charge in [0.25, 0.3) is 0 Å². The number of carbonyl (C=O) groups is 1. The highest BCUT2D eigenvalue weighted by molar-refractivity contribution is 6.30. The minimum absolute atomic E-state index is 0.195. The van der Waals surface area contributed by atoms with Crippen LogP contribution in [0, 0.1) is 0 Å². The Morgan fingerprint density at radius 3 is 2.30 bits per heavy atom. The maximum Gasteiger partial charge on any atom is 0.335 e. The number of rotatable bonds is 6. The first-order valence-electron chi connectivity index (χ1n) is 6.00. The van der Waals surface area contributed by atoms with Gasteiger partial charge in [-0.15, -0.1) is 0 Å². The van der Waals surface area contributed by atoms with E-state index in [1.807, 2.05) is 0 Å². The minimum Gasteiger partial charge on any atom is -0.490 e. The predicted molar refractivity (Wildman–Crippen MR) is 75.8 cm³/mol. The average molecular weight is 293 g/mol. The van der Waals surface area contributed by atoms with Crippen LogP contribution in [0.4, 0.5) is 0 Å². The molecule has 0 amide bonds. The van der Waals surface area contributed by atoms with Gasteiger partial charge in [0, 0.05) is 5.02 Å². The monoisotopic (exact) mass is 292 g/mol. The third-order valence-corrected chi connectivity index (χ3v) is 2.77. The Kier molecular flexibility index (Phi) is 4.85. The van der Waals surface area contributed by atoms with Gasteiger partial charge < -0.3 is 14.6 Å². The molecular weight excluding hydrogens is 280 g/mol. The minimum atomic E-state index is -0.979. The quantitative estimate of drug-likeness (QED) is 0.828. The standard InChI is InChI=1S/C15H13ClO4/c16-12-4-6-13(7-5-12)19-8-9-20-14-3-1-2-11(10-14)15(17)18/h1-7,10H,8-9H2,(H,17,18). The molecule has 0 heterocycles. The van der Waals surface area contributed by atoms with Gasteiger partial charge in [0.1, 0.15) is 24.7 Å². The van der Waals surface area contributed by atoms with Gasteiger partial charge >= 0.3 is 5.97 Å². The van der Waals surface area contributed by atoms with Crippen molar-refractivity contribution in [3.05, 3.63) is 59.1 Å². The van der Waals surface area contributed by atoms with Crippen LogP contribution in [0.1, 0.15) is 10.4 Å². The Morgan fingerprint density at radius 2 is 1.65 bits per heavy atom. The van der Waals surface area contributed by atoms with Crippen molar-refractivity contribution in [1.82, 2.24) is 0 Å². The molecule has 104 valence electrons. The molecule has 0 saturated carbocycles.